The Bertz CT molecular complexity index is 845. The van der Waals surface area contributed by atoms with Crippen LogP contribution in [-0.2, 0) is 5.41 Å². The zero-order chi connectivity index (χ0) is 18.4. The highest BCUT2D eigenvalue weighted by Crippen LogP contribution is 2.35. The minimum Gasteiger partial charge on any atom is -0.489 e. The van der Waals surface area contributed by atoms with Crippen molar-refractivity contribution in [3.05, 3.63) is 44.4 Å². The van der Waals surface area contributed by atoms with Crippen molar-refractivity contribution in [3.8, 4) is 11.4 Å². The van der Waals surface area contributed by atoms with Gasteiger partial charge in [0.25, 0.3) is 0 Å². The van der Waals surface area contributed by atoms with Crippen LogP contribution in [0.25, 0.3) is 5.69 Å². The topological polar surface area (TPSA) is 44.4 Å². The van der Waals surface area contributed by atoms with Gasteiger partial charge in [0.1, 0.15) is 11.6 Å². The molecule has 1 saturated carbocycles. The van der Waals surface area contributed by atoms with Crippen LogP contribution >= 0.6 is 23.2 Å². The van der Waals surface area contributed by atoms with Crippen molar-refractivity contribution < 1.29 is 13.5 Å². The Labute approximate surface area is 155 Å². The van der Waals surface area contributed by atoms with Gasteiger partial charge in [0.15, 0.2) is 10.9 Å². The average molecular weight is 388 g/mol. The molecule has 2 aromatic rings. The van der Waals surface area contributed by atoms with Crippen LogP contribution in [0.3, 0.4) is 0 Å². The minimum absolute atomic E-state index is 0.0355. The molecule has 0 aliphatic heterocycles. The number of halogens is 3. The van der Waals surface area contributed by atoms with E-state index >= 15 is 0 Å². The normalized spacial score (nSPS) is 15.8. The van der Waals surface area contributed by atoms with Gasteiger partial charge in [0, 0.05) is 11.5 Å². The molecule has 0 saturated heterocycles. The quantitative estimate of drug-likeness (QED) is 0.698. The van der Waals surface area contributed by atoms with Crippen LogP contribution in [0, 0.1) is 5.82 Å². The summed E-state index contributed by atoms with van der Waals surface area (Å²) < 4.78 is 26.7. The first-order valence-corrected chi connectivity index (χ1v) is 9.02. The largest absolute Gasteiger partial charge is 0.489 e. The van der Waals surface area contributed by atoms with Crippen LogP contribution in [0.1, 0.15) is 52.2 Å². The van der Waals surface area contributed by atoms with Gasteiger partial charge in [0.2, 0.25) is 0 Å². The van der Waals surface area contributed by atoms with Gasteiger partial charge >= 0.3 is 5.76 Å². The minimum atomic E-state index is -0.747. The molecule has 1 aromatic carbocycles. The van der Waals surface area contributed by atoms with Crippen molar-refractivity contribution in [1.29, 1.82) is 0 Å². The second kappa shape index (κ2) is 6.69. The molecule has 1 fully saturated rings. The smallest absolute Gasteiger partial charge is 0.425 e. The maximum Gasteiger partial charge on any atom is 0.425 e. The number of benzene rings is 1. The summed E-state index contributed by atoms with van der Waals surface area (Å²) in [5.41, 5.74) is -0.528. The Balaban J connectivity index is 2.08. The van der Waals surface area contributed by atoms with Crippen LogP contribution in [-0.4, -0.2) is 10.7 Å². The van der Waals surface area contributed by atoms with E-state index in [0.29, 0.717) is 11.5 Å². The van der Waals surface area contributed by atoms with Crippen LogP contribution in [0.2, 0.25) is 10.2 Å². The van der Waals surface area contributed by atoms with E-state index in [1.165, 1.54) is 6.07 Å². The van der Waals surface area contributed by atoms with E-state index in [9.17, 15) is 9.18 Å². The van der Waals surface area contributed by atoms with Gasteiger partial charge in [-0.25, -0.2) is 13.8 Å². The molecule has 0 amide bonds. The average Bonchev–Trinajstić information content (AvgIpc) is 3.10. The molecule has 0 bridgehead atoms. The summed E-state index contributed by atoms with van der Waals surface area (Å²) in [6.07, 6.45) is 4.11. The summed E-state index contributed by atoms with van der Waals surface area (Å²) in [7, 11) is 0. The Morgan fingerprint density at radius 3 is 2.44 bits per heavy atom. The van der Waals surface area contributed by atoms with Gasteiger partial charge in [-0.3, -0.25) is 0 Å². The van der Waals surface area contributed by atoms with Crippen LogP contribution in [0.5, 0.6) is 5.75 Å². The molecule has 25 heavy (non-hydrogen) atoms. The summed E-state index contributed by atoms with van der Waals surface area (Å²) >= 11 is 12.4. The van der Waals surface area contributed by atoms with Gasteiger partial charge in [-0.1, -0.05) is 44.0 Å². The fourth-order valence-electron chi connectivity index (χ4n) is 2.99. The number of nitrogens with zero attached hydrogens (tertiary/aromatic N) is 1. The molecule has 1 aliphatic rings. The molecule has 0 radical (unpaired) electrons. The third kappa shape index (κ3) is 3.58. The zero-order valence-electron chi connectivity index (χ0n) is 14.4. The molecule has 0 spiro atoms. The first kappa shape index (κ1) is 18.3. The highest BCUT2D eigenvalue weighted by Gasteiger charge is 2.28. The summed E-state index contributed by atoms with van der Waals surface area (Å²) in [6, 6.07) is 2.54. The lowest BCUT2D eigenvalue weighted by Crippen LogP contribution is -2.15. The van der Waals surface area contributed by atoms with Gasteiger partial charge in [-0.2, -0.15) is 0 Å². The van der Waals surface area contributed by atoms with Crippen molar-refractivity contribution in [2.45, 2.75) is 58.0 Å². The third-order valence-electron chi connectivity index (χ3n) is 4.27. The van der Waals surface area contributed by atoms with Crippen molar-refractivity contribution in [1.82, 2.24) is 4.57 Å². The molecule has 4 nitrogen and oxygen atoms in total. The van der Waals surface area contributed by atoms with Crippen molar-refractivity contribution >= 4 is 23.2 Å². The monoisotopic (exact) mass is 387 g/mol. The Morgan fingerprint density at radius 1 is 1.24 bits per heavy atom. The van der Waals surface area contributed by atoms with E-state index in [2.05, 4.69) is 0 Å². The van der Waals surface area contributed by atoms with E-state index in [1.54, 1.807) is 0 Å². The molecule has 0 unspecified atom stereocenters. The molecule has 0 atom stereocenters. The molecule has 3 rings (SSSR count). The van der Waals surface area contributed by atoms with Gasteiger partial charge in [-0.15, -0.1) is 0 Å². The highest BCUT2D eigenvalue weighted by molar-refractivity contribution is 6.32. The third-order valence-corrected chi connectivity index (χ3v) is 4.91. The van der Waals surface area contributed by atoms with Gasteiger partial charge in [0.05, 0.1) is 16.8 Å². The maximum atomic E-state index is 14.5. The number of aromatic nitrogens is 1. The van der Waals surface area contributed by atoms with Crippen molar-refractivity contribution in [2.24, 2.45) is 0 Å². The fraction of sp³-hybridized carbons (Fsp3) is 0.500. The molecule has 1 aliphatic carbocycles. The van der Waals surface area contributed by atoms with Crippen molar-refractivity contribution in [2.75, 3.05) is 0 Å². The Kier molecular flexibility index (Phi) is 4.91. The zero-order valence-corrected chi connectivity index (χ0v) is 15.9. The summed E-state index contributed by atoms with van der Waals surface area (Å²) in [4.78, 5) is 12.3. The van der Waals surface area contributed by atoms with E-state index in [0.717, 1.165) is 36.3 Å². The number of ether oxygens (including phenoxy) is 1. The second-order valence-electron chi connectivity index (χ2n) is 7.33. The second-order valence-corrected chi connectivity index (χ2v) is 8.10. The number of rotatable bonds is 3. The summed E-state index contributed by atoms with van der Waals surface area (Å²) in [5, 5.41) is 0.211. The van der Waals surface area contributed by atoms with Crippen LogP contribution in [0.15, 0.2) is 21.3 Å². The first-order valence-electron chi connectivity index (χ1n) is 8.26. The van der Waals surface area contributed by atoms with Gasteiger partial charge < -0.3 is 9.15 Å². The number of oxazole rings is 1. The van der Waals surface area contributed by atoms with E-state index in [1.807, 2.05) is 20.8 Å². The van der Waals surface area contributed by atoms with E-state index < -0.39 is 17.0 Å². The molecule has 136 valence electrons. The standard InChI is InChI=1S/C18H20Cl2FNO3/c1-18(2,3)15-16(20)22(17(23)25-15)13-9-14(11(19)8-12(13)21)24-10-6-4-5-7-10/h8-10H,4-7H2,1-3H3. The summed E-state index contributed by atoms with van der Waals surface area (Å²) in [5.74, 6) is -0.782. The van der Waals surface area contributed by atoms with Crippen LogP contribution < -0.4 is 10.5 Å². The molecular weight excluding hydrogens is 368 g/mol. The van der Waals surface area contributed by atoms with E-state index in [-0.39, 0.29) is 22.0 Å². The Hall–Kier alpha value is -1.46. The van der Waals surface area contributed by atoms with Crippen molar-refractivity contribution in [3.63, 3.8) is 0 Å². The lowest BCUT2D eigenvalue weighted by Gasteiger charge is -2.17. The summed E-state index contributed by atoms with van der Waals surface area (Å²) in [6.45, 7) is 5.57. The highest BCUT2D eigenvalue weighted by atomic mass is 35.5. The molecule has 0 N–H and O–H groups in total. The SMILES string of the molecule is CC(C)(C)c1oc(=O)n(-c2cc(OC3CCCC3)c(Cl)cc2F)c1Cl. The lowest BCUT2D eigenvalue weighted by atomic mass is 9.94. The van der Waals surface area contributed by atoms with E-state index in [4.69, 9.17) is 32.4 Å². The molecule has 1 aromatic heterocycles. The molecular formula is C18H20Cl2FNO3. The number of hydrogen-bond donors (Lipinski definition) is 0. The Morgan fingerprint density at radius 2 is 1.88 bits per heavy atom. The molecule has 1 heterocycles. The van der Waals surface area contributed by atoms with Gasteiger partial charge in [-0.05, 0) is 31.7 Å². The first-order chi connectivity index (χ1) is 11.7. The predicted octanol–water partition coefficient (Wildman–Crippen LogP) is 5.50. The maximum absolute atomic E-state index is 14.5. The number of hydrogen-bond acceptors (Lipinski definition) is 3. The van der Waals surface area contributed by atoms with Crippen LogP contribution in [0.4, 0.5) is 4.39 Å². The fourth-order valence-corrected chi connectivity index (χ4v) is 3.67. The lowest BCUT2D eigenvalue weighted by molar-refractivity contribution is 0.210. The molecule has 7 heteroatoms. The predicted molar refractivity (Wildman–Crippen MR) is 95.9 cm³/mol.